The molecule has 0 aliphatic heterocycles. The van der Waals surface area contributed by atoms with Crippen LogP contribution in [0.25, 0.3) is 0 Å². The van der Waals surface area contributed by atoms with E-state index >= 15 is 0 Å². The lowest BCUT2D eigenvalue weighted by atomic mass is 10.3. The average Bonchev–Trinajstić information content (AvgIpc) is 2.54. The molecule has 0 unspecified atom stereocenters. The molecule has 154 valence electrons. The van der Waals surface area contributed by atoms with Gasteiger partial charge in [-0.3, -0.25) is 9.59 Å². The van der Waals surface area contributed by atoms with E-state index in [1.54, 1.807) is 0 Å². The summed E-state index contributed by atoms with van der Waals surface area (Å²) in [5.74, 6) is -0.757. The molecular weight excluding hydrogens is 368 g/mol. The maximum Gasteiger partial charge on any atom is 0.306 e. The van der Waals surface area contributed by atoms with Crippen LogP contribution >= 0.6 is 0 Å². The van der Waals surface area contributed by atoms with Crippen LogP contribution in [0.5, 0.6) is 0 Å². The molecule has 0 bridgehead atoms. The van der Waals surface area contributed by atoms with Gasteiger partial charge in [0.2, 0.25) is 0 Å². The molecule has 26 heavy (non-hydrogen) atoms. The normalized spacial score (nSPS) is 12.1. The van der Waals surface area contributed by atoms with E-state index in [4.69, 9.17) is 18.3 Å². The van der Waals surface area contributed by atoms with Gasteiger partial charge in [0, 0.05) is 7.11 Å². The Hall–Kier alpha value is -0.706. The van der Waals surface area contributed by atoms with Gasteiger partial charge in [0.15, 0.2) is 16.6 Å². The van der Waals surface area contributed by atoms with Crippen LogP contribution in [0.3, 0.4) is 0 Å². The molecule has 0 heterocycles. The molecule has 0 radical (unpaired) electrons. The number of unbranched alkanes of at least 4 members (excludes halogenated alkanes) is 1. The summed E-state index contributed by atoms with van der Waals surface area (Å²) >= 11 is 0. The monoisotopic (exact) mass is 406 g/mol. The number of hydrogen-bond donors (Lipinski definition) is 0. The van der Waals surface area contributed by atoms with Crippen molar-refractivity contribution in [3.05, 3.63) is 0 Å². The summed E-state index contributed by atoms with van der Waals surface area (Å²) in [6, 6.07) is 2.18. The molecule has 0 aromatic rings. The van der Waals surface area contributed by atoms with Gasteiger partial charge in [0.05, 0.1) is 26.1 Å². The van der Waals surface area contributed by atoms with Crippen LogP contribution in [0, 0.1) is 0 Å². The van der Waals surface area contributed by atoms with Crippen molar-refractivity contribution in [1.82, 2.24) is 0 Å². The van der Waals surface area contributed by atoms with Crippen molar-refractivity contribution in [1.29, 1.82) is 0 Å². The predicted molar refractivity (Wildman–Crippen MR) is 108 cm³/mol. The molecule has 0 saturated carbocycles. The van der Waals surface area contributed by atoms with Gasteiger partial charge in [0.1, 0.15) is 6.61 Å². The first-order valence-electron chi connectivity index (χ1n) is 9.62. The van der Waals surface area contributed by atoms with Gasteiger partial charge in [0.25, 0.3) is 0 Å². The molecular formula is C18H38O6Si2. The second kappa shape index (κ2) is 13.5. The van der Waals surface area contributed by atoms with Crippen molar-refractivity contribution < 1.29 is 27.9 Å². The molecule has 0 aliphatic rings. The summed E-state index contributed by atoms with van der Waals surface area (Å²) in [7, 11) is -1.78. The number of methoxy groups -OCH3 is 1. The summed E-state index contributed by atoms with van der Waals surface area (Å²) in [5.41, 5.74) is 0. The Morgan fingerprint density at radius 3 is 1.77 bits per heavy atom. The maximum absolute atomic E-state index is 11.7. The second-order valence-electron chi connectivity index (χ2n) is 7.76. The Balaban J connectivity index is 3.91. The van der Waals surface area contributed by atoms with E-state index in [0.29, 0.717) is 13.2 Å². The number of esters is 2. The van der Waals surface area contributed by atoms with Crippen LogP contribution in [0.4, 0.5) is 0 Å². The van der Waals surface area contributed by atoms with E-state index in [1.807, 2.05) is 0 Å². The van der Waals surface area contributed by atoms with Crippen molar-refractivity contribution >= 4 is 28.6 Å². The van der Waals surface area contributed by atoms with Gasteiger partial charge in [-0.05, 0) is 44.7 Å². The highest BCUT2D eigenvalue weighted by atomic mass is 28.4. The van der Waals surface area contributed by atoms with Crippen molar-refractivity contribution in [2.75, 3.05) is 26.9 Å². The third-order valence-electron chi connectivity index (χ3n) is 3.95. The molecule has 8 heteroatoms. The smallest absolute Gasteiger partial charge is 0.306 e. The highest BCUT2D eigenvalue weighted by Crippen LogP contribution is 2.24. The molecule has 0 atom stereocenters. The minimum absolute atomic E-state index is 0.0448. The molecule has 0 aliphatic carbocycles. The van der Waals surface area contributed by atoms with Crippen LogP contribution < -0.4 is 0 Å². The standard InChI is InChI=1S/C18H38O6Si2/c1-7-8-15-25(3,4)24-26(5,6)16-9-12-22-17(19)10-11-18(20)23-14-13-21-2/h7-16H2,1-6H3. The zero-order valence-corrected chi connectivity index (χ0v) is 19.5. The predicted octanol–water partition coefficient (Wildman–Crippen LogP) is 4.12. The second-order valence-corrected chi connectivity index (χ2v) is 16.6. The van der Waals surface area contributed by atoms with E-state index in [0.717, 1.165) is 12.5 Å². The zero-order valence-electron chi connectivity index (χ0n) is 17.5. The first kappa shape index (κ1) is 25.3. The van der Waals surface area contributed by atoms with Crippen molar-refractivity contribution in [2.45, 2.75) is 77.3 Å². The van der Waals surface area contributed by atoms with Gasteiger partial charge >= 0.3 is 11.9 Å². The van der Waals surface area contributed by atoms with E-state index in [1.165, 1.54) is 26.0 Å². The topological polar surface area (TPSA) is 71.1 Å². The first-order chi connectivity index (χ1) is 12.1. The van der Waals surface area contributed by atoms with E-state index in [-0.39, 0.29) is 25.4 Å². The Labute approximate surface area is 161 Å². The summed E-state index contributed by atoms with van der Waals surface area (Å²) < 4.78 is 21.4. The Morgan fingerprint density at radius 1 is 0.769 bits per heavy atom. The molecule has 0 spiro atoms. The highest BCUT2D eigenvalue weighted by Gasteiger charge is 2.32. The average molecular weight is 407 g/mol. The van der Waals surface area contributed by atoms with Crippen molar-refractivity contribution in [3.8, 4) is 0 Å². The largest absolute Gasteiger partial charge is 0.466 e. The quantitative estimate of drug-likeness (QED) is 0.231. The summed E-state index contributed by atoms with van der Waals surface area (Å²) in [4.78, 5) is 23.1. The third kappa shape index (κ3) is 14.5. The lowest BCUT2D eigenvalue weighted by molar-refractivity contribution is -0.151. The summed E-state index contributed by atoms with van der Waals surface area (Å²) in [6.07, 6.45) is 3.34. The van der Waals surface area contributed by atoms with Crippen LogP contribution in [0.15, 0.2) is 0 Å². The molecule has 0 amide bonds. The fourth-order valence-electron chi connectivity index (χ4n) is 2.72. The molecule has 0 N–H and O–H groups in total. The van der Waals surface area contributed by atoms with E-state index in [2.05, 4.69) is 33.1 Å². The number of carbonyl (C=O) groups excluding carboxylic acids is 2. The van der Waals surface area contributed by atoms with Gasteiger partial charge < -0.3 is 18.3 Å². The van der Waals surface area contributed by atoms with Crippen molar-refractivity contribution in [2.24, 2.45) is 0 Å². The van der Waals surface area contributed by atoms with E-state index < -0.39 is 22.6 Å². The van der Waals surface area contributed by atoms with E-state index in [9.17, 15) is 9.59 Å². The summed E-state index contributed by atoms with van der Waals surface area (Å²) in [5, 5.41) is 0. The maximum atomic E-state index is 11.7. The molecule has 0 rings (SSSR count). The molecule has 0 aromatic carbocycles. The van der Waals surface area contributed by atoms with Crippen molar-refractivity contribution in [3.63, 3.8) is 0 Å². The minimum Gasteiger partial charge on any atom is -0.466 e. The minimum atomic E-state index is -1.73. The first-order valence-corrected chi connectivity index (χ1v) is 15.9. The molecule has 0 fully saturated rings. The lowest BCUT2D eigenvalue weighted by Crippen LogP contribution is -2.44. The molecule has 0 aromatic heterocycles. The number of hydrogen-bond acceptors (Lipinski definition) is 6. The van der Waals surface area contributed by atoms with Gasteiger partial charge in [-0.1, -0.05) is 19.8 Å². The van der Waals surface area contributed by atoms with Crippen LogP contribution in [0.2, 0.25) is 38.3 Å². The molecule has 0 saturated heterocycles. The lowest BCUT2D eigenvalue weighted by Gasteiger charge is -2.34. The number of carbonyl (C=O) groups is 2. The third-order valence-corrected chi connectivity index (χ3v) is 11.5. The fraction of sp³-hybridized carbons (Fsp3) is 0.889. The van der Waals surface area contributed by atoms with Gasteiger partial charge in [-0.25, -0.2) is 0 Å². The Morgan fingerprint density at radius 2 is 1.27 bits per heavy atom. The SMILES string of the molecule is CCCC[Si](C)(C)O[Si](C)(C)CCCOC(=O)CCC(=O)OCCOC. The molecule has 6 nitrogen and oxygen atoms in total. The fourth-order valence-corrected chi connectivity index (χ4v) is 11.7. The highest BCUT2D eigenvalue weighted by molar-refractivity contribution is 6.84. The van der Waals surface area contributed by atoms with Crippen LogP contribution in [-0.4, -0.2) is 55.5 Å². The number of ether oxygens (including phenoxy) is 3. The Kier molecular flexibility index (Phi) is 13.1. The van der Waals surface area contributed by atoms with Crippen LogP contribution in [0.1, 0.15) is 39.0 Å². The summed E-state index contributed by atoms with van der Waals surface area (Å²) in [6.45, 7) is 12.2. The Bertz CT molecular complexity index is 412. The number of rotatable bonds is 15. The zero-order chi connectivity index (χ0) is 20.1. The van der Waals surface area contributed by atoms with Gasteiger partial charge in [-0.15, -0.1) is 0 Å². The van der Waals surface area contributed by atoms with Crippen LogP contribution in [-0.2, 0) is 27.9 Å². The van der Waals surface area contributed by atoms with Gasteiger partial charge in [-0.2, -0.15) is 0 Å².